The number of carbonyl (C=O) groups is 2. The van der Waals surface area contributed by atoms with Gasteiger partial charge in [0.05, 0.1) is 14.2 Å². The Morgan fingerprint density at radius 3 is 2.45 bits per heavy atom. The number of ether oxygens (including phenoxy) is 2. The highest BCUT2D eigenvalue weighted by Gasteiger charge is 2.17. The molecule has 0 spiro atoms. The van der Waals surface area contributed by atoms with E-state index in [1.807, 2.05) is 0 Å². The Kier molecular flexibility index (Phi) is 6.08. The smallest absolute Gasteiger partial charge is 0.316 e. The van der Waals surface area contributed by atoms with Crippen LogP contribution in [0.4, 0.5) is 0 Å². The van der Waals surface area contributed by atoms with Crippen LogP contribution in [0.2, 0.25) is 0 Å². The van der Waals surface area contributed by atoms with Crippen LogP contribution >= 0.6 is 0 Å². The molecule has 0 atom stereocenters. The fraction of sp³-hybridized carbons (Fsp3) is 0.200. The highest BCUT2D eigenvalue weighted by atomic mass is 16.5. The van der Waals surface area contributed by atoms with Crippen molar-refractivity contribution >= 4 is 11.8 Å². The summed E-state index contributed by atoms with van der Waals surface area (Å²) in [5, 5.41) is 6.56. The molecule has 0 saturated heterocycles. The molecule has 0 aliphatic rings. The molecule has 0 bridgehead atoms. The van der Waals surface area contributed by atoms with E-state index in [2.05, 4.69) is 15.5 Å². The van der Waals surface area contributed by atoms with Crippen LogP contribution < -0.4 is 20.5 Å². The fourth-order valence-electron chi connectivity index (χ4n) is 2.64. The van der Waals surface area contributed by atoms with Gasteiger partial charge in [-0.2, -0.15) is 4.98 Å². The molecule has 0 aliphatic carbocycles. The maximum Gasteiger partial charge on any atom is 0.316 e. The van der Waals surface area contributed by atoms with Crippen molar-refractivity contribution in [3.63, 3.8) is 0 Å². The third kappa shape index (κ3) is 4.70. The summed E-state index contributed by atoms with van der Waals surface area (Å²) in [7, 11) is 3.07. The quantitative estimate of drug-likeness (QED) is 0.594. The SMILES string of the molecule is COc1ccc(-c2noc(C(=O)NCCc3ccc(C(N)=O)cc3)n2)cc1OC. The summed E-state index contributed by atoms with van der Waals surface area (Å²) in [5.41, 5.74) is 7.22. The lowest BCUT2D eigenvalue weighted by atomic mass is 10.1. The van der Waals surface area contributed by atoms with Crippen molar-refractivity contribution in [2.24, 2.45) is 5.73 Å². The predicted octanol–water partition coefficient (Wildman–Crippen LogP) is 1.83. The van der Waals surface area contributed by atoms with Gasteiger partial charge >= 0.3 is 11.8 Å². The van der Waals surface area contributed by atoms with Crippen LogP contribution in [-0.4, -0.2) is 42.7 Å². The molecule has 1 heterocycles. The molecule has 0 unspecified atom stereocenters. The largest absolute Gasteiger partial charge is 0.493 e. The van der Waals surface area contributed by atoms with Gasteiger partial charge in [-0.25, -0.2) is 0 Å². The van der Waals surface area contributed by atoms with E-state index in [-0.39, 0.29) is 11.7 Å². The topological polar surface area (TPSA) is 130 Å². The van der Waals surface area contributed by atoms with Crippen LogP contribution in [-0.2, 0) is 6.42 Å². The van der Waals surface area contributed by atoms with Gasteiger partial charge in [-0.05, 0) is 42.3 Å². The van der Waals surface area contributed by atoms with Gasteiger partial charge in [-0.15, -0.1) is 0 Å². The van der Waals surface area contributed by atoms with Gasteiger partial charge in [0.15, 0.2) is 11.5 Å². The average molecular weight is 396 g/mol. The van der Waals surface area contributed by atoms with Gasteiger partial charge in [-0.1, -0.05) is 17.3 Å². The maximum atomic E-state index is 12.2. The molecule has 0 aliphatic heterocycles. The second-order valence-electron chi connectivity index (χ2n) is 6.06. The zero-order chi connectivity index (χ0) is 20.8. The van der Waals surface area contributed by atoms with Crippen molar-refractivity contribution < 1.29 is 23.6 Å². The first-order valence-corrected chi connectivity index (χ1v) is 8.75. The Morgan fingerprint density at radius 2 is 1.79 bits per heavy atom. The minimum Gasteiger partial charge on any atom is -0.493 e. The number of aromatic nitrogens is 2. The van der Waals surface area contributed by atoms with E-state index >= 15 is 0 Å². The Balaban J connectivity index is 1.60. The fourth-order valence-corrected chi connectivity index (χ4v) is 2.64. The number of amides is 2. The van der Waals surface area contributed by atoms with Crippen molar-refractivity contribution in [3.8, 4) is 22.9 Å². The first-order chi connectivity index (χ1) is 14.0. The molecule has 0 fully saturated rings. The lowest BCUT2D eigenvalue weighted by molar-refractivity contribution is 0.0909. The van der Waals surface area contributed by atoms with Crippen molar-refractivity contribution in [1.82, 2.24) is 15.5 Å². The van der Waals surface area contributed by atoms with Crippen LogP contribution in [0.3, 0.4) is 0 Å². The summed E-state index contributed by atoms with van der Waals surface area (Å²) in [6.07, 6.45) is 0.571. The highest BCUT2D eigenvalue weighted by molar-refractivity contribution is 5.92. The van der Waals surface area contributed by atoms with E-state index in [0.717, 1.165) is 5.56 Å². The van der Waals surface area contributed by atoms with Crippen LogP contribution in [0.1, 0.15) is 26.6 Å². The number of rotatable bonds is 8. The second-order valence-corrected chi connectivity index (χ2v) is 6.06. The summed E-state index contributed by atoms with van der Waals surface area (Å²) in [5.74, 6) is 0.256. The van der Waals surface area contributed by atoms with E-state index in [9.17, 15) is 9.59 Å². The zero-order valence-corrected chi connectivity index (χ0v) is 16.0. The normalized spacial score (nSPS) is 10.4. The first-order valence-electron chi connectivity index (χ1n) is 8.75. The third-order valence-corrected chi connectivity index (χ3v) is 4.20. The summed E-state index contributed by atoms with van der Waals surface area (Å²) >= 11 is 0. The molecule has 1 aromatic heterocycles. The molecule has 29 heavy (non-hydrogen) atoms. The molecule has 3 aromatic rings. The number of nitrogens with two attached hydrogens (primary N) is 1. The van der Waals surface area contributed by atoms with E-state index in [4.69, 9.17) is 19.7 Å². The lowest BCUT2D eigenvalue weighted by Gasteiger charge is -2.07. The van der Waals surface area contributed by atoms with E-state index in [1.54, 1.807) is 49.6 Å². The molecule has 150 valence electrons. The number of primary amides is 1. The number of nitrogens with one attached hydrogen (secondary N) is 1. The average Bonchev–Trinajstić information content (AvgIpc) is 3.24. The minimum absolute atomic E-state index is 0.140. The molecule has 0 radical (unpaired) electrons. The van der Waals surface area contributed by atoms with Gasteiger partial charge in [0.1, 0.15) is 0 Å². The van der Waals surface area contributed by atoms with Gasteiger partial charge in [0.25, 0.3) is 0 Å². The lowest BCUT2D eigenvalue weighted by Crippen LogP contribution is -2.26. The number of carbonyl (C=O) groups excluding carboxylic acids is 2. The molecular formula is C20H20N4O5. The van der Waals surface area contributed by atoms with E-state index < -0.39 is 11.8 Å². The van der Waals surface area contributed by atoms with Crippen molar-refractivity contribution in [1.29, 1.82) is 0 Å². The Hall–Kier alpha value is -3.88. The van der Waals surface area contributed by atoms with Crippen LogP contribution in [0, 0.1) is 0 Å². The molecule has 9 heteroatoms. The van der Waals surface area contributed by atoms with Crippen molar-refractivity contribution in [3.05, 3.63) is 59.5 Å². The van der Waals surface area contributed by atoms with Crippen LogP contribution in [0.15, 0.2) is 47.0 Å². The van der Waals surface area contributed by atoms with E-state index in [0.29, 0.717) is 35.6 Å². The number of benzene rings is 2. The van der Waals surface area contributed by atoms with E-state index in [1.165, 1.54) is 7.11 Å². The molecule has 9 nitrogen and oxygen atoms in total. The first kappa shape index (κ1) is 19.9. The minimum atomic E-state index is -0.480. The number of hydrogen-bond acceptors (Lipinski definition) is 7. The monoisotopic (exact) mass is 396 g/mol. The van der Waals surface area contributed by atoms with Crippen LogP contribution in [0.5, 0.6) is 11.5 Å². The molecule has 2 amide bonds. The zero-order valence-electron chi connectivity index (χ0n) is 16.0. The number of nitrogens with zero attached hydrogens (tertiary/aromatic N) is 2. The second kappa shape index (κ2) is 8.87. The van der Waals surface area contributed by atoms with Crippen LogP contribution in [0.25, 0.3) is 11.4 Å². The summed E-state index contributed by atoms with van der Waals surface area (Å²) in [6.45, 7) is 0.364. The van der Waals surface area contributed by atoms with Gasteiger partial charge in [0.2, 0.25) is 11.7 Å². The molecule has 0 saturated carbocycles. The Labute approximate surface area is 166 Å². The molecule has 3 N–H and O–H groups in total. The molecule has 2 aromatic carbocycles. The number of methoxy groups -OCH3 is 2. The molecule has 3 rings (SSSR count). The van der Waals surface area contributed by atoms with Crippen molar-refractivity contribution in [2.75, 3.05) is 20.8 Å². The van der Waals surface area contributed by atoms with Crippen molar-refractivity contribution in [2.45, 2.75) is 6.42 Å². The Bertz CT molecular complexity index is 1010. The Morgan fingerprint density at radius 1 is 1.07 bits per heavy atom. The predicted molar refractivity (Wildman–Crippen MR) is 104 cm³/mol. The van der Waals surface area contributed by atoms with Gasteiger partial charge in [0, 0.05) is 17.7 Å². The third-order valence-electron chi connectivity index (χ3n) is 4.20. The molecular weight excluding hydrogens is 376 g/mol. The standard InChI is InChI=1S/C20H20N4O5/c1-27-15-8-7-14(11-16(15)28-2)18-23-20(29-24-18)19(26)22-10-9-12-3-5-13(6-4-12)17(21)25/h3-8,11H,9-10H2,1-2H3,(H2,21,25)(H,22,26). The van der Waals surface area contributed by atoms with Gasteiger partial charge < -0.3 is 25.0 Å². The summed E-state index contributed by atoms with van der Waals surface area (Å²) in [4.78, 5) is 27.4. The summed E-state index contributed by atoms with van der Waals surface area (Å²) < 4.78 is 15.5. The number of hydrogen-bond donors (Lipinski definition) is 2. The van der Waals surface area contributed by atoms with Gasteiger partial charge in [-0.3, -0.25) is 9.59 Å². The highest BCUT2D eigenvalue weighted by Crippen LogP contribution is 2.31. The summed E-state index contributed by atoms with van der Waals surface area (Å²) in [6, 6.07) is 12.0. The maximum absolute atomic E-state index is 12.2.